The third kappa shape index (κ3) is 3.10. The largest absolute Gasteiger partial charge is 0.443 e. The Hall–Kier alpha value is -1.62. The minimum absolute atomic E-state index is 0.0405. The van der Waals surface area contributed by atoms with Crippen molar-refractivity contribution in [1.29, 1.82) is 0 Å². The first kappa shape index (κ1) is 14.8. The molecule has 5 nitrogen and oxygen atoms in total. The fraction of sp³-hybridized carbons (Fsp3) is 0.600. The normalized spacial score (nSPS) is 18.6. The molecule has 1 unspecified atom stereocenters. The second-order valence-electron chi connectivity index (χ2n) is 6.18. The number of amides is 1. The van der Waals surface area contributed by atoms with Crippen LogP contribution in [0.4, 0.5) is 10.6 Å². The van der Waals surface area contributed by atoms with Crippen LogP contribution in [0.25, 0.3) is 0 Å². The van der Waals surface area contributed by atoms with Gasteiger partial charge in [0.05, 0.1) is 12.3 Å². The van der Waals surface area contributed by atoms with Gasteiger partial charge in [-0.15, -0.1) is 0 Å². The van der Waals surface area contributed by atoms with Crippen molar-refractivity contribution in [3.05, 3.63) is 23.4 Å². The predicted octanol–water partition coefficient (Wildman–Crippen LogP) is 2.65. The van der Waals surface area contributed by atoms with Crippen LogP contribution in [0, 0.1) is 0 Å². The summed E-state index contributed by atoms with van der Waals surface area (Å²) in [6, 6.07) is 3.76. The third-order valence-electron chi connectivity index (χ3n) is 3.27. The van der Waals surface area contributed by atoms with E-state index >= 15 is 0 Å². The number of rotatable bonds is 1. The first-order valence-electron chi connectivity index (χ1n) is 6.93. The molecule has 1 amide bonds. The van der Waals surface area contributed by atoms with Gasteiger partial charge >= 0.3 is 6.09 Å². The summed E-state index contributed by atoms with van der Waals surface area (Å²) in [6.07, 6.45) is 1.38. The van der Waals surface area contributed by atoms with Crippen LogP contribution >= 0.6 is 0 Å². The van der Waals surface area contributed by atoms with Crippen LogP contribution < -0.4 is 4.90 Å². The molecule has 0 spiro atoms. The highest BCUT2D eigenvalue weighted by atomic mass is 16.6. The number of pyridine rings is 1. The van der Waals surface area contributed by atoms with Gasteiger partial charge in [0.1, 0.15) is 11.4 Å². The maximum atomic E-state index is 12.4. The molecule has 0 fully saturated rings. The number of anilines is 1. The summed E-state index contributed by atoms with van der Waals surface area (Å²) >= 11 is 0. The molecule has 2 rings (SSSR count). The van der Waals surface area contributed by atoms with Crippen LogP contribution in [0.15, 0.2) is 12.1 Å². The lowest BCUT2D eigenvalue weighted by atomic mass is 10.00. The van der Waals surface area contributed by atoms with Gasteiger partial charge in [0.25, 0.3) is 0 Å². The molecule has 0 radical (unpaired) electrons. The highest BCUT2D eigenvalue weighted by Gasteiger charge is 2.33. The van der Waals surface area contributed by atoms with Crippen LogP contribution in [0.1, 0.15) is 45.4 Å². The Balaban J connectivity index is 2.36. The highest BCUT2D eigenvalue weighted by molar-refractivity contribution is 5.88. The minimum Gasteiger partial charge on any atom is -0.443 e. The van der Waals surface area contributed by atoms with Gasteiger partial charge in [0.2, 0.25) is 0 Å². The number of aliphatic hydroxyl groups excluding tert-OH is 1. The first-order valence-corrected chi connectivity index (χ1v) is 6.93. The topological polar surface area (TPSA) is 62.7 Å². The van der Waals surface area contributed by atoms with Crippen LogP contribution in [0.3, 0.4) is 0 Å². The van der Waals surface area contributed by atoms with Gasteiger partial charge in [0, 0.05) is 6.04 Å². The molecule has 0 aromatic carbocycles. The summed E-state index contributed by atoms with van der Waals surface area (Å²) in [7, 11) is 0. The Morgan fingerprint density at radius 1 is 1.50 bits per heavy atom. The number of carbonyl (C=O) groups excluding carboxylic acids is 1. The Labute approximate surface area is 119 Å². The third-order valence-corrected chi connectivity index (χ3v) is 3.27. The Kier molecular flexibility index (Phi) is 3.99. The number of aliphatic hydroxyl groups is 1. The van der Waals surface area contributed by atoms with Gasteiger partial charge < -0.3 is 9.84 Å². The molecule has 5 heteroatoms. The monoisotopic (exact) mass is 278 g/mol. The Morgan fingerprint density at radius 3 is 2.80 bits per heavy atom. The molecule has 0 saturated carbocycles. The van der Waals surface area contributed by atoms with Crippen molar-refractivity contribution in [1.82, 2.24) is 4.98 Å². The fourth-order valence-electron chi connectivity index (χ4n) is 2.29. The Bertz CT molecular complexity index is 508. The molecule has 1 N–H and O–H groups in total. The molecule has 0 bridgehead atoms. The second kappa shape index (κ2) is 5.40. The SMILES string of the molecule is CC1CCc2ccc(CO)nc2N1C(=O)OC(C)(C)C. The first-order chi connectivity index (χ1) is 9.31. The zero-order chi connectivity index (χ0) is 14.9. The summed E-state index contributed by atoms with van der Waals surface area (Å²) in [4.78, 5) is 18.4. The Morgan fingerprint density at radius 2 is 2.20 bits per heavy atom. The van der Waals surface area contributed by atoms with E-state index in [1.54, 1.807) is 11.0 Å². The number of nitrogens with zero attached hydrogens (tertiary/aromatic N) is 2. The molecule has 1 aliphatic heterocycles. The van der Waals surface area contributed by atoms with E-state index in [1.807, 2.05) is 33.8 Å². The van der Waals surface area contributed by atoms with Crippen molar-refractivity contribution < 1.29 is 14.6 Å². The molecule has 2 heterocycles. The molecular weight excluding hydrogens is 256 g/mol. The minimum atomic E-state index is -0.539. The number of fused-ring (bicyclic) bond motifs is 1. The maximum Gasteiger partial charge on any atom is 0.416 e. The number of aromatic nitrogens is 1. The molecule has 0 saturated heterocycles. The molecule has 1 atom stereocenters. The molecular formula is C15H22N2O3. The van der Waals surface area contributed by atoms with E-state index in [4.69, 9.17) is 4.74 Å². The van der Waals surface area contributed by atoms with Gasteiger partial charge in [-0.25, -0.2) is 9.78 Å². The lowest BCUT2D eigenvalue weighted by molar-refractivity contribution is 0.0562. The zero-order valence-electron chi connectivity index (χ0n) is 12.5. The average Bonchev–Trinajstić information content (AvgIpc) is 2.35. The maximum absolute atomic E-state index is 12.4. The summed E-state index contributed by atoms with van der Waals surface area (Å²) in [6.45, 7) is 7.39. The lowest BCUT2D eigenvalue weighted by Gasteiger charge is -2.35. The van der Waals surface area contributed by atoms with Gasteiger partial charge in [-0.05, 0) is 52.2 Å². The predicted molar refractivity (Wildman–Crippen MR) is 76.7 cm³/mol. The van der Waals surface area contributed by atoms with Crippen LogP contribution in [0.2, 0.25) is 0 Å². The van der Waals surface area contributed by atoms with Gasteiger partial charge in [-0.2, -0.15) is 0 Å². The average molecular weight is 278 g/mol. The number of aryl methyl sites for hydroxylation is 1. The summed E-state index contributed by atoms with van der Waals surface area (Å²) in [5, 5.41) is 9.22. The molecule has 20 heavy (non-hydrogen) atoms. The number of hydrogen-bond acceptors (Lipinski definition) is 4. The van der Waals surface area contributed by atoms with Crippen LogP contribution in [-0.4, -0.2) is 27.8 Å². The van der Waals surface area contributed by atoms with Crippen molar-refractivity contribution in [2.24, 2.45) is 0 Å². The quantitative estimate of drug-likeness (QED) is 0.857. The summed E-state index contributed by atoms with van der Waals surface area (Å²) in [5.74, 6) is 0.615. The number of ether oxygens (including phenoxy) is 1. The van der Waals surface area contributed by atoms with E-state index in [2.05, 4.69) is 4.98 Å². The van der Waals surface area contributed by atoms with E-state index < -0.39 is 5.60 Å². The van der Waals surface area contributed by atoms with Gasteiger partial charge in [-0.1, -0.05) is 6.07 Å². The number of hydrogen-bond donors (Lipinski definition) is 1. The molecule has 110 valence electrons. The fourth-order valence-corrected chi connectivity index (χ4v) is 2.29. The molecule has 1 aromatic heterocycles. The van der Waals surface area contributed by atoms with E-state index in [0.29, 0.717) is 11.5 Å². The summed E-state index contributed by atoms with van der Waals surface area (Å²) in [5.41, 5.74) is 1.04. The number of carbonyl (C=O) groups is 1. The lowest BCUT2D eigenvalue weighted by Crippen LogP contribution is -2.45. The molecule has 1 aliphatic rings. The van der Waals surface area contributed by atoms with Gasteiger partial charge in [-0.3, -0.25) is 4.90 Å². The molecule has 0 aliphatic carbocycles. The van der Waals surface area contributed by atoms with Crippen molar-refractivity contribution in [2.75, 3.05) is 4.90 Å². The standard InChI is InChI=1S/C15H22N2O3/c1-10-5-6-11-7-8-12(9-18)16-13(11)17(10)14(19)20-15(2,3)4/h7-8,10,18H,5-6,9H2,1-4H3. The van der Waals surface area contributed by atoms with Crippen molar-refractivity contribution in [2.45, 2.75) is 58.8 Å². The van der Waals surface area contributed by atoms with Crippen LogP contribution in [0.5, 0.6) is 0 Å². The highest BCUT2D eigenvalue weighted by Crippen LogP contribution is 2.30. The van der Waals surface area contributed by atoms with Gasteiger partial charge in [0.15, 0.2) is 0 Å². The van der Waals surface area contributed by atoms with Crippen molar-refractivity contribution in [3.8, 4) is 0 Å². The van der Waals surface area contributed by atoms with E-state index in [0.717, 1.165) is 18.4 Å². The smallest absolute Gasteiger partial charge is 0.416 e. The van der Waals surface area contributed by atoms with Crippen molar-refractivity contribution in [3.63, 3.8) is 0 Å². The van der Waals surface area contributed by atoms with E-state index in [1.165, 1.54) is 0 Å². The second-order valence-corrected chi connectivity index (χ2v) is 6.18. The van der Waals surface area contributed by atoms with E-state index in [9.17, 15) is 9.90 Å². The van der Waals surface area contributed by atoms with E-state index in [-0.39, 0.29) is 18.7 Å². The summed E-state index contributed by atoms with van der Waals surface area (Å²) < 4.78 is 5.46. The van der Waals surface area contributed by atoms with Crippen molar-refractivity contribution >= 4 is 11.9 Å². The zero-order valence-corrected chi connectivity index (χ0v) is 12.5. The van der Waals surface area contributed by atoms with Crippen LogP contribution in [-0.2, 0) is 17.8 Å². The molecule has 1 aromatic rings.